The van der Waals surface area contributed by atoms with E-state index in [2.05, 4.69) is 144 Å². The van der Waals surface area contributed by atoms with Gasteiger partial charge in [0, 0.05) is 21.9 Å². The molecule has 5 unspecified atom stereocenters. The molecule has 0 N–H and O–H groups in total. The van der Waals surface area contributed by atoms with E-state index in [9.17, 15) is 0 Å². The molecule has 4 aliphatic carbocycles. The summed E-state index contributed by atoms with van der Waals surface area (Å²) >= 11 is 0. The van der Waals surface area contributed by atoms with E-state index in [4.69, 9.17) is 0 Å². The first-order valence-electron chi connectivity index (χ1n) is 17.5. The van der Waals surface area contributed by atoms with Crippen molar-refractivity contribution >= 4 is 27.8 Å². The van der Waals surface area contributed by atoms with Crippen LogP contribution in [0.1, 0.15) is 49.7 Å². The summed E-state index contributed by atoms with van der Waals surface area (Å²) in [5.74, 6) is 3.44. The molecule has 6 aromatic rings. The molecule has 3 bridgehead atoms. The second-order valence-electron chi connectivity index (χ2n) is 14.5. The molecule has 0 aliphatic heterocycles. The van der Waals surface area contributed by atoms with Crippen LogP contribution in [-0.4, -0.2) is 0 Å². The molecule has 5 atom stereocenters. The molecule has 10 rings (SSSR count). The van der Waals surface area contributed by atoms with Crippen molar-refractivity contribution in [2.45, 2.75) is 43.9 Å². The first-order valence-corrected chi connectivity index (χ1v) is 17.5. The fourth-order valence-corrected chi connectivity index (χ4v) is 10.6. The summed E-state index contributed by atoms with van der Waals surface area (Å²) in [6.07, 6.45) is 8.48. The Morgan fingerprint density at radius 1 is 0.500 bits per heavy atom. The summed E-state index contributed by atoms with van der Waals surface area (Å²) in [4.78, 5) is 2.60. The molecule has 0 aromatic heterocycles. The van der Waals surface area contributed by atoms with Crippen molar-refractivity contribution in [3.8, 4) is 22.3 Å². The van der Waals surface area contributed by atoms with Gasteiger partial charge in [-0.2, -0.15) is 0 Å². The molecule has 4 aliphatic rings. The molecule has 6 aromatic carbocycles. The van der Waals surface area contributed by atoms with Gasteiger partial charge in [-0.3, -0.25) is 0 Å². The van der Waals surface area contributed by atoms with Gasteiger partial charge in [-0.05, 0) is 102 Å². The molecule has 0 radical (unpaired) electrons. The average molecular weight is 594 g/mol. The summed E-state index contributed by atoms with van der Waals surface area (Å²) in [7, 11) is 0. The zero-order valence-electron chi connectivity index (χ0n) is 26.3. The molecule has 0 saturated heterocycles. The van der Waals surface area contributed by atoms with Crippen molar-refractivity contribution in [3.63, 3.8) is 0 Å². The predicted octanol–water partition coefficient (Wildman–Crippen LogP) is 12.1. The Morgan fingerprint density at radius 2 is 1.20 bits per heavy atom. The van der Waals surface area contributed by atoms with Crippen LogP contribution in [0, 0.1) is 23.7 Å². The van der Waals surface area contributed by atoms with Gasteiger partial charge in [-0.25, -0.2) is 0 Å². The lowest BCUT2D eigenvalue weighted by Crippen LogP contribution is -2.50. The van der Waals surface area contributed by atoms with Crippen molar-refractivity contribution in [1.82, 2.24) is 0 Å². The maximum Gasteiger partial charge on any atom is 0.0543 e. The van der Waals surface area contributed by atoms with Gasteiger partial charge in [-0.1, -0.05) is 128 Å². The van der Waals surface area contributed by atoms with Crippen LogP contribution < -0.4 is 4.90 Å². The van der Waals surface area contributed by atoms with E-state index < -0.39 is 0 Å². The van der Waals surface area contributed by atoms with Crippen LogP contribution in [0.15, 0.2) is 140 Å². The molecule has 3 fully saturated rings. The Balaban J connectivity index is 1.27. The van der Waals surface area contributed by atoms with Gasteiger partial charge in [0.2, 0.25) is 0 Å². The summed E-state index contributed by atoms with van der Waals surface area (Å²) in [6, 6.07) is 52.4. The second-order valence-corrected chi connectivity index (χ2v) is 14.5. The summed E-state index contributed by atoms with van der Waals surface area (Å²) < 4.78 is 0. The highest BCUT2D eigenvalue weighted by Gasteiger charge is 2.57. The van der Waals surface area contributed by atoms with E-state index in [1.165, 1.54) is 88.6 Å². The smallest absolute Gasteiger partial charge is 0.0543 e. The van der Waals surface area contributed by atoms with Crippen molar-refractivity contribution < 1.29 is 0 Å². The maximum absolute atomic E-state index is 2.60. The molecule has 46 heavy (non-hydrogen) atoms. The third-order valence-electron chi connectivity index (χ3n) is 12.4. The van der Waals surface area contributed by atoms with Crippen molar-refractivity contribution in [2.75, 3.05) is 4.90 Å². The number of hydrogen-bond donors (Lipinski definition) is 0. The Hall–Kier alpha value is -4.62. The maximum atomic E-state index is 2.60. The number of nitrogens with zero attached hydrogens (tertiary/aromatic N) is 1. The van der Waals surface area contributed by atoms with Crippen LogP contribution in [-0.2, 0) is 5.41 Å². The minimum Gasteiger partial charge on any atom is -0.309 e. The monoisotopic (exact) mass is 593 g/mol. The minimum atomic E-state index is 0.117. The van der Waals surface area contributed by atoms with Crippen molar-refractivity contribution in [3.05, 3.63) is 151 Å². The van der Waals surface area contributed by atoms with Crippen LogP contribution in [0.5, 0.6) is 0 Å². The van der Waals surface area contributed by atoms with Gasteiger partial charge in [-0.15, -0.1) is 0 Å². The van der Waals surface area contributed by atoms with Gasteiger partial charge >= 0.3 is 0 Å². The number of anilines is 3. The van der Waals surface area contributed by atoms with Crippen LogP contribution in [0.4, 0.5) is 17.1 Å². The molecular weight excluding hydrogens is 555 g/mol. The van der Waals surface area contributed by atoms with Crippen LogP contribution in [0.25, 0.3) is 33.0 Å². The highest BCUT2D eigenvalue weighted by Crippen LogP contribution is 2.67. The first-order chi connectivity index (χ1) is 22.8. The summed E-state index contributed by atoms with van der Waals surface area (Å²) in [5.41, 5.74) is 12.4. The lowest BCUT2D eigenvalue weighted by atomic mass is 9.47. The molecule has 1 spiro atoms. The van der Waals surface area contributed by atoms with E-state index in [0.717, 1.165) is 23.7 Å². The Morgan fingerprint density at radius 3 is 2.13 bits per heavy atom. The quantitative estimate of drug-likeness (QED) is 0.196. The number of fused-ring (bicyclic) bond motifs is 9. The molecule has 1 heteroatoms. The van der Waals surface area contributed by atoms with Gasteiger partial charge in [0.05, 0.1) is 17.1 Å². The Bertz CT molecular complexity index is 2100. The fourth-order valence-electron chi connectivity index (χ4n) is 10.6. The molecule has 3 saturated carbocycles. The van der Waals surface area contributed by atoms with E-state index in [1.807, 2.05) is 0 Å². The van der Waals surface area contributed by atoms with Crippen LogP contribution in [0.2, 0.25) is 0 Å². The fraction of sp³-hybridized carbons (Fsp3) is 0.244. The highest BCUT2D eigenvalue weighted by atomic mass is 15.1. The number of rotatable bonds is 4. The minimum absolute atomic E-state index is 0.117. The van der Waals surface area contributed by atoms with Crippen LogP contribution in [0.3, 0.4) is 0 Å². The number of hydrogen-bond acceptors (Lipinski definition) is 1. The normalized spacial score (nSPS) is 25.4. The lowest BCUT2D eigenvalue weighted by Gasteiger charge is -2.57. The second kappa shape index (κ2) is 10.2. The van der Waals surface area contributed by atoms with Gasteiger partial charge < -0.3 is 4.90 Å². The van der Waals surface area contributed by atoms with Gasteiger partial charge in [0.25, 0.3) is 0 Å². The Labute approximate surface area is 272 Å². The van der Waals surface area contributed by atoms with Gasteiger partial charge in [0.1, 0.15) is 0 Å². The topological polar surface area (TPSA) is 3.24 Å². The molecule has 0 heterocycles. The molecule has 1 nitrogen and oxygen atoms in total. The third-order valence-corrected chi connectivity index (χ3v) is 12.4. The average Bonchev–Trinajstić information content (AvgIpc) is 3.40. The number of benzene rings is 6. The standard InChI is InChI=1S/C45H39N/c1-2-12-31(13-3-1)36-17-7-9-21-41(36)46(42-22-10-15-32-14-4-5-16-37(32)42)43-23-11-20-40-44(43)38-18-6-8-19-39(38)45(40)29-33-25-24-30-26-34(33)28-35(45)27-30/h1-23,30,33-35H,24-29H2. The van der Waals surface area contributed by atoms with E-state index in [0.29, 0.717) is 0 Å². The van der Waals surface area contributed by atoms with Crippen molar-refractivity contribution in [2.24, 2.45) is 23.7 Å². The highest BCUT2D eigenvalue weighted by molar-refractivity contribution is 6.04. The van der Waals surface area contributed by atoms with Crippen molar-refractivity contribution in [1.29, 1.82) is 0 Å². The van der Waals surface area contributed by atoms with Gasteiger partial charge in [0.15, 0.2) is 0 Å². The van der Waals surface area contributed by atoms with E-state index in [-0.39, 0.29) is 5.41 Å². The zero-order valence-corrected chi connectivity index (χ0v) is 26.3. The summed E-state index contributed by atoms with van der Waals surface area (Å²) in [6.45, 7) is 0. The summed E-state index contributed by atoms with van der Waals surface area (Å²) in [5, 5.41) is 2.54. The molecule has 224 valence electrons. The lowest BCUT2D eigenvalue weighted by molar-refractivity contribution is -0.0103. The molecule has 0 amide bonds. The SMILES string of the molecule is c1ccc(-c2ccccc2N(c2cccc3c2-c2ccccc2C32CC3CCC4CC3CC2C4)c2cccc3ccccc23)cc1. The largest absolute Gasteiger partial charge is 0.309 e. The zero-order chi connectivity index (χ0) is 30.2. The Kier molecular flexibility index (Phi) is 5.89. The third kappa shape index (κ3) is 3.75. The van der Waals surface area contributed by atoms with E-state index >= 15 is 0 Å². The van der Waals surface area contributed by atoms with Crippen LogP contribution >= 0.6 is 0 Å². The first kappa shape index (κ1) is 26.6. The number of para-hydroxylation sites is 1. The van der Waals surface area contributed by atoms with E-state index in [1.54, 1.807) is 11.1 Å². The predicted molar refractivity (Wildman–Crippen MR) is 192 cm³/mol. The molecular formula is C45H39N.